The van der Waals surface area contributed by atoms with Crippen LogP contribution in [0.15, 0.2) is 72.8 Å². The Labute approximate surface area is 206 Å². The van der Waals surface area contributed by atoms with Crippen molar-refractivity contribution in [2.45, 2.75) is 19.1 Å². The van der Waals surface area contributed by atoms with Crippen molar-refractivity contribution in [1.82, 2.24) is 4.90 Å². The van der Waals surface area contributed by atoms with E-state index >= 15 is 0 Å². The van der Waals surface area contributed by atoms with E-state index in [2.05, 4.69) is 34.1 Å². The standard InChI is InChI=1S/C28H33N3O4/c1-34-26-4-2-3-24(19-26)31-17-15-30(16-18-31)14-13-27(22-7-5-21(20-29)6-8-22)35-25-11-9-23(10-12-25)28(32)33/h2-12,19,27H,13-18,20,29H2,1H3,(H,32,33)/t27-/m0/s1. The van der Waals surface area contributed by atoms with Gasteiger partial charge < -0.3 is 25.2 Å². The Bertz CT molecular complexity index is 1090. The third-order valence-electron chi connectivity index (χ3n) is 6.47. The van der Waals surface area contributed by atoms with E-state index in [-0.39, 0.29) is 11.7 Å². The molecule has 0 bridgehead atoms. The lowest BCUT2D eigenvalue weighted by molar-refractivity contribution is 0.0697. The summed E-state index contributed by atoms with van der Waals surface area (Å²) < 4.78 is 11.7. The molecule has 0 amide bonds. The van der Waals surface area contributed by atoms with Crippen molar-refractivity contribution in [2.75, 3.05) is 44.7 Å². The van der Waals surface area contributed by atoms with E-state index in [4.69, 9.17) is 20.3 Å². The second-order valence-corrected chi connectivity index (χ2v) is 8.70. The van der Waals surface area contributed by atoms with Gasteiger partial charge in [-0.05, 0) is 47.5 Å². The highest BCUT2D eigenvalue weighted by atomic mass is 16.5. The summed E-state index contributed by atoms with van der Waals surface area (Å²) in [4.78, 5) is 16.0. The molecule has 4 rings (SSSR count). The summed E-state index contributed by atoms with van der Waals surface area (Å²) in [5.74, 6) is 0.589. The Kier molecular flexibility index (Phi) is 8.23. The van der Waals surface area contributed by atoms with Gasteiger partial charge in [0.05, 0.1) is 12.7 Å². The molecule has 1 heterocycles. The van der Waals surface area contributed by atoms with Crippen LogP contribution in [0.3, 0.4) is 0 Å². The van der Waals surface area contributed by atoms with Crippen molar-refractivity contribution in [3.05, 3.63) is 89.5 Å². The highest BCUT2D eigenvalue weighted by Crippen LogP contribution is 2.27. The third kappa shape index (κ3) is 6.53. The molecule has 7 heteroatoms. The fourth-order valence-corrected chi connectivity index (χ4v) is 4.34. The van der Waals surface area contributed by atoms with Crippen LogP contribution in [-0.4, -0.2) is 55.8 Å². The van der Waals surface area contributed by atoms with E-state index in [1.807, 2.05) is 24.3 Å². The van der Waals surface area contributed by atoms with Gasteiger partial charge >= 0.3 is 5.97 Å². The summed E-state index contributed by atoms with van der Waals surface area (Å²) in [7, 11) is 1.69. The molecule has 3 aromatic carbocycles. The highest BCUT2D eigenvalue weighted by Gasteiger charge is 2.21. The van der Waals surface area contributed by atoms with E-state index in [1.165, 1.54) is 5.69 Å². The Morgan fingerprint density at radius 2 is 1.69 bits per heavy atom. The number of ether oxygens (including phenoxy) is 2. The van der Waals surface area contributed by atoms with Crippen molar-refractivity contribution in [3.63, 3.8) is 0 Å². The van der Waals surface area contributed by atoms with Crippen LogP contribution in [0.1, 0.15) is 34.0 Å². The second-order valence-electron chi connectivity index (χ2n) is 8.70. The van der Waals surface area contributed by atoms with Crippen LogP contribution in [0.4, 0.5) is 5.69 Å². The molecular formula is C28H33N3O4. The lowest BCUT2D eigenvalue weighted by atomic mass is 10.0. The van der Waals surface area contributed by atoms with Crippen LogP contribution in [0.2, 0.25) is 0 Å². The number of piperazine rings is 1. The Morgan fingerprint density at radius 1 is 0.971 bits per heavy atom. The SMILES string of the molecule is COc1cccc(N2CCN(CC[C@H](Oc3ccc(C(=O)O)cc3)c3ccc(CN)cc3)CC2)c1. The minimum atomic E-state index is -0.946. The number of anilines is 1. The van der Waals surface area contributed by atoms with E-state index < -0.39 is 5.97 Å². The smallest absolute Gasteiger partial charge is 0.335 e. The van der Waals surface area contributed by atoms with Crippen LogP contribution in [0.5, 0.6) is 11.5 Å². The molecule has 35 heavy (non-hydrogen) atoms. The Morgan fingerprint density at radius 3 is 2.31 bits per heavy atom. The summed E-state index contributed by atoms with van der Waals surface area (Å²) in [5, 5.41) is 9.16. The molecule has 0 unspecified atom stereocenters. The first-order valence-corrected chi connectivity index (χ1v) is 12.0. The first kappa shape index (κ1) is 24.6. The van der Waals surface area contributed by atoms with E-state index in [0.29, 0.717) is 12.3 Å². The van der Waals surface area contributed by atoms with Crippen LogP contribution in [-0.2, 0) is 6.54 Å². The highest BCUT2D eigenvalue weighted by molar-refractivity contribution is 5.87. The number of methoxy groups -OCH3 is 1. The zero-order valence-corrected chi connectivity index (χ0v) is 20.1. The number of aromatic carboxylic acids is 1. The summed E-state index contributed by atoms with van der Waals surface area (Å²) >= 11 is 0. The third-order valence-corrected chi connectivity index (χ3v) is 6.47. The number of hydrogen-bond acceptors (Lipinski definition) is 6. The lowest BCUT2D eigenvalue weighted by Gasteiger charge is -2.36. The van der Waals surface area contributed by atoms with Gasteiger partial charge in [-0.25, -0.2) is 4.79 Å². The molecule has 0 aromatic heterocycles. The van der Waals surface area contributed by atoms with Crippen LogP contribution >= 0.6 is 0 Å². The van der Waals surface area contributed by atoms with Gasteiger partial charge in [0, 0.05) is 57.4 Å². The average molecular weight is 476 g/mol. The molecular weight excluding hydrogens is 442 g/mol. The monoisotopic (exact) mass is 475 g/mol. The molecule has 0 spiro atoms. The predicted molar refractivity (Wildman–Crippen MR) is 137 cm³/mol. The summed E-state index contributed by atoms with van der Waals surface area (Å²) in [5.41, 5.74) is 9.36. The van der Waals surface area contributed by atoms with Crippen molar-refractivity contribution in [3.8, 4) is 11.5 Å². The Balaban J connectivity index is 1.39. The number of hydrogen-bond donors (Lipinski definition) is 2. The maximum absolute atomic E-state index is 11.2. The first-order valence-electron chi connectivity index (χ1n) is 12.0. The number of rotatable bonds is 10. The van der Waals surface area contributed by atoms with Gasteiger partial charge in [0.15, 0.2) is 0 Å². The molecule has 0 radical (unpaired) electrons. The minimum Gasteiger partial charge on any atom is -0.497 e. The van der Waals surface area contributed by atoms with Gasteiger partial charge in [0.2, 0.25) is 0 Å². The van der Waals surface area contributed by atoms with Crippen molar-refractivity contribution < 1.29 is 19.4 Å². The lowest BCUT2D eigenvalue weighted by Crippen LogP contribution is -2.46. The first-order chi connectivity index (χ1) is 17.1. The maximum atomic E-state index is 11.2. The molecule has 7 nitrogen and oxygen atoms in total. The van der Waals surface area contributed by atoms with E-state index in [9.17, 15) is 4.79 Å². The molecule has 1 aliphatic rings. The zero-order valence-electron chi connectivity index (χ0n) is 20.1. The summed E-state index contributed by atoms with van der Waals surface area (Å²) in [6, 6.07) is 23.0. The molecule has 1 atom stereocenters. The largest absolute Gasteiger partial charge is 0.497 e. The Hall–Kier alpha value is -3.55. The van der Waals surface area contributed by atoms with Gasteiger partial charge in [0.1, 0.15) is 17.6 Å². The molecule has 0 saturated carbocycles. The number of carboxylic acid groups (broad SMARTS) is 1. The summed E-state index contributed by atoms with van der Waals surface area (Å²) in [6.45, 7) is 5.27. The molecule has 3 N–H and O–H groups in total. The van der Waals surface area contributed by atoms with E-state index in [0.717, 1.165) is 56.0 Å². The molecule has 3 aromatic rings. The molecule has 1 saturated heterocycles. The molecule has 1 aliphatic heterocycles. The molecule has 0 aliphatic carbocycles. The predicted octanol–water partition coefficient (Wildman–Crippen LogP) is 4.18. The quantitative estimate of drug-likeness (QED) is 0.455. The van der Waals surface area contributed by atoms with Gasteiger partial charge in [-0.3, -0.25) is 4.90 Å². The normalized spacial score (nSPS) is 15.0. The van der Waals surface area contributed by atoms with Gasteiger partial charge in [-0.1, -0.05) is 30.3 Å². The fourth-order valence-electron chi connectivity index (χ4n) is 4.34. The van der Waals surface area contributed by atoms with Crippen molar-refractivity contribution in [1.29, 1.82) is 0 Å². The zero-order chi connectivity index (χ0) is 24.6. The van der Waals surface area contributed by atoms with Crippen LogP contribution < -0.4 is 20.1 Å². The van der Waals surface area contributed by atoms with Crippen molar-refractivity contribution in [2.24, 2.45) is 5.73 Å². The topological polar surface area (TPSA) is 88.3 Å². The number of carbonyl (C=O) groups is 1. The fraction of sp³-hybridized carbons (Fsp3) is 0.321. The number of carboxylic acids is 1. The molecule has 184 valence electrons. The van der Waals surface area contributed by atoms with Gasteiger partial charge in [-0.15, -0.1) is 0 Å². The second kappa shape index (κ2) is 11.7. The molecule has 1 fully saturated rings. The maximum Gasteiger partial charge on any atom is 0.335 e. The van der Waals surface area contributed by atoms with Gasteiger partial charge in [0.25, 0.3) is 0 Å². The summed E-state index contributed by atoms with van der Waals surface area (Å²) in [6.07, 6.45) is 0.677. The van der Waals surface area contributed by atoms with Crippen molar-refractivity contribution >= 4 is 11.7 Å². The van der Waals surface area contributed by atoms with Gasteiger partial charge in [-0.2, -0.15) is 0 Å². The van der Waals surface area contributed by atoms with Crippen LogP contribution in [0.25, 0.3) is 0 Å². The number of nitrogens with two attached hydrogens (primary N) is 1. The van der Waals surface area contributed by atoms with E-state index in [1.54, 1.807) is 31.4 Å². The minimum absolute atomic E-state index is 0.145. The van der Waals surface area contributed by atoms with Crippen LogP contribution in [0, 0.1) is 0 Å². The average Bonchev–Trinajstić information content (AvgIpc) is 2.91. The number of benzene rings is 3. The number of nitrogens with zero attached hydrogens (tertiary/aromatic N) is 2.